The number of benzene rings is 1. The molecule has 20 heavy (non-hydrogen) atoms. The predicted molar refractivity (Wildman–Crippen MR) is 86.1 cm³/mol. The first-order chi connectivity index (χ1) is 9.37. The van der Waals surface area contributed by atoms with Gasteiger partial charge >= 0.3 is 0 Å². The highest BCUT2D eigenvalue weighted by Crippen LogP contribution is 2.35. The molecule has 0 bridgehead atoms. The zero-order valence-corrected chi connectivity index (χ0v) is 13.0. The van der Waals surface area contributed by atoms with Crippen LogP contribution in [-0.2, 0) is 4.79 Å². The van der Waals surface area contributed by atoms with Crippen LogP contribution < -0.4 is 16.0 Å². The lowest BCUT2D eigenvalue weighted by Gasteiger charge is -2.25. The molecule has 1 aliphatic heterocycles. The second-order valence-corrected chi connectivity index (χ2v) is 6.14. The van der Waals surface area contributed by atoms with Gasteiger partial charge in [-0.2, -0.15) is 0 Å². The maximum Gasteiger partial charge on any atom is 0.227 e. The lowest BCUT2D eigenvalue weighted by Crippen LogP contribution is -2.39. The minimum Gasteiger partial charge on any atom is -0.389 e. The van der Waals surface area contributed by atoms with Gasteiger partial charge in [-0.15, -0.1) is 0 Å². The number of nitrogens with zero attached hydrogens (tertiary/aromatic N) is 1. The van der Waals surface area contributed by atoms with Crippen LogP contribution in [0.1, 0.15) is 24.5 Å². The Morgan fingerprint density at radius 3 is 2.80 bits per heavy atom. The summed E-state index contributed by atoms with van der Waals surface area (Å²) in [6, 6.07) is 6.05. The van der Waals surface area contributed by atoms with E-state index >= 15 is 0 Å². The number of nitrogens with two attached hydrogens (primary N) is 1. The Kier molecular flexibility index (Phi) is 3.99. The van der Waals surface area contributed by atoms with Crippen molar-refractivity contribution in [2.24, 2.45) is 11.1 Å². The third kappa shape index (κ3) is 2.63. The third-order valence-corrected chi connectivity index (χ3v) is 4.23. The molecule has 1 unspecified atom stereocenters. The largest absolute Gasteiger partial charge is 0.389 e. The molecule has 2 rings (SSSR count). The van der Waals surface area contributed by atoms with E-state index < -0.39 is 0 Å². The Bertz CT molecular complexity index is 558. The van der Waals surface area contributed by atoms with Crippen LogP contribution in [0, 0.1) is 12.3 Å². The normalized spacial score (nSPS) is 21.9. The molecule has 1 aromatic rings. The van der Waals surface area contributed by atoms with E-state index in [1.807, 2.05) is 26.0 Å². The van der Waals surface area contributed by atoms with Crippen molar-refractivity contribution in [3.05, 3.63) is 29.3 Å². The lowest BCUT2D eigenvalue weighted by molar-refractivity contribution is -0.128. The smallest absolute Gasteiger partial charge is 0.227 e. The molecule has 1 aliphatic rings. The molecule has 5 heteroatoms. The van der Waals surface area contributed by atoms with Gasteiger partial charge in [-0.25, -0.2) is 0 Å². The van der Waals surface area contributed by atoms with Gasteiger partial charge < -0.3 is 16.0 Å². The van der Waals surface area contributed by atoms with Gasteiger partial charge in [0.1, 0.15) is 4.99 Å². The van der Waals surface area contributed by atoms with Crippen LogP contribution in [0.5, 0.6) is 0 Å². The van der Waals surface area contributed by atoms with E-state index in [2.05, 4.69) is 16.3 Å². The highest BCUT2D eigenvalue weighted by Gasteiger charge is 2.40. The van der Waals surface area contributed by atoms with Gasteiger partial charge in [0.15, 0.2) is 0 Å². The fourth-order valence-corrected chi connectivity index (χ4v) is 2.94. The highest BCUT2D eigenvalue weighted by atomic mass is 32.1. The van der Waals surface area contributed by atoms with E-state index in [1.165, 1.54) is 0 Å². The van der Waals surface area contributed by atoms with Crippen LogP contribution in [-0.4, -0.2) is 31.0 Å². The van der Waals surface area contributed by atoms with Crippen molar-refractivity contribution in [3.63, 3.8) is 0 Å². The Balaban J connectivity index is 2.33. The first-order valence-electron chi connectivity index (χ1n) is 6.75. The van der Waals surface area contributed by atoms with Crippen molar-refractivity contribution < 1.29 is 4.79 Å². The molecular weight excluding hydrogens is 270 g/mol. The first-order valence-corrected chi connectivity index (χ1v) is 7.16. The van der Waals surface area contributed by atoms with E-state index in [1.54, 1.807) is 7.05 Å². The van der Waals surface area contributed by atoms with Gasteiger partial charge in [0, 0.05) is 31.4 Å². The Morgan fingerprint density at radius 1 is 1.50 bits per heavy atom. The van der Waals surface area contributed by atoms with Gasteiger partial charge in [0.05, 0.1) is 5.41 Å². The molecule has 1 fully saturated rings. The van der Waals surface area contributed by atoms with Crippen LogP contribution in [0.4, 0.5) is 5.69 Å². The molecule has 0 radical (unpaired) electrons. The summed E-state index contributed by atoms with van der Waals surface area (Å²) in [6.45, 7) is 5.57. The zero-order valence-electron chi connectivity index (χ0n) is 12.2. The molecule has 4 nitrogen and oxygen atoms in total. The highest BCUT2D eigenvalue weighted by molar-refractivity contribution is 7.80. The fourth-order valence-electron chi connectivity index (χ4n) is 2.77. The van der Waals surface area contributed by atoms with Crippen LogP contribution in [0.3, 0.4) is 0 Å². The Morgan fingerprint density at radius 2 is 2.20 bits per heavy atom. The topological polar surface area (TPSA) is 58.4 Å². The van der Waals surface area contributed by atoms with E-state index in [0.717, 1.165) is 29.8 Å². The molecule has 108 valence electrons. The summed E-state index contributed by atoms with van der Waals surface area (Å²) in [5, 5.41) is 2.75. The number of hydrogen-bond donors (Lipinski definition) is 2. The van der Waals surface area contributed by atoms with Crippen LogP contribution in [0.25, 0.3) is 0 Å². The Labute approximate surface area is 125 Å². The maximum atomic E-state index is 12.0. The van der Waals surface area contributed by atoms with E-state index in [0.29, 0.717) is 11.5 Å². The molecular formula is C15H21N3OS. The second kappa shape index (κ2) is 5.40. The van der Waals surface area contributed by atoms with Crippen LogP contribution >= 0.6 is 12.2 Å². The number of rotatable bonds is 3. The molecule has 0 spiro atoms. The zero-order chi connectivity index (χ0) is 14.9. The van der Waals surface area contributed by atoms with Gasteiger partial charge in [0.2, 0.25) is 5.91 Å². The van der Waals surface area contributed by atoms with Gasteiger partial charge in [-0.3, -0.25) is 4.79 Å². The number of carbonyl (C=O) groups is 1. The molecule has 1 aromatic carbocycles. The van der Waals surface area contributed by atoms with Gasteiger partial charge in [0.25, 0.3) is 0 Å². The first kappa shape index (κ1) is 14.8. The summed E-state index contributed by atoms with van der Waals surface area (Å²) >= 11 is 5.13. The third-order valence-electron chi connectivity index (χ3n) is 4.01. The van der Waals surface area contributed by atoms with Crippen molar-refractivity contribution in [1.82, 2.24) is 5.32 Å². The second-order valence-electron chi connectivity index (χ2n) is 5.70. The predicted octanol–water partition coefficient (Wildman–Crippen LogP) is 1.59. The number of carbonyl (C=O) groups excluding carboxylic acids is 1. The summed E-state index contributed by atoms with van der Waals surface area (Å²) in [4.78, 5) is 14.6. The SMILES string of the molecule is CNC(=O)C1(C)CCN(c2cc(C)ccc2C(N)=S)C1. The molecule has 0 saturated carbocycles. The lowest BCUT2D eigenvalue weighted by atomic mass is 9.89. The average Bonchev–Trinajstić information content (AvgIpc) is 2.81. The number of amides is 1. The molecule has 0 aliphatic carbocycles. The number of anilines is 1. The number of hydrogen-bond acceptors (Lipinski definition) is 3. The quantitative estimate of drug-likeness (QED) is 0.830. The summed E-state index contributed by atoms with van der Waals surface area (Å²) < 4.78 is 0. The standard InChI is InChI=1S/C15H21N3OS/c1-10-4-5-11(13(16)20)12(8-10)18-7-6-15(2,9-18)14(19)17-3/h4-5,8H,6-7,9H2,1-3H3,(H2,16,20)(H,17,19). The van der Waals surface area contributed by atoms with Crippen molar-refractivity contribution in [3.8, 4) is 0 Å². The van der Waals surface area contributed by atoms with E-state index in [4.69, 9.17) is 18.0 Å². The number of aryl methyl sites for hydroxylation is 1. The molecule has 1 atom stereocenters. The fraction of sp³-hybridized carbons (Fsp3) is 0.467. The average molecular weight is 291 g/mol. The Hall–Kier alpha value is -1.62. The van der Waals surface area contributed by atoms with E-state index in [-0.39, 0.29) is 11.3 Å². The van der Waals surface area contributed by atoms with Crippen LogP contribution in [0.2, 0.25) is 0 Å². The van der Waals surface area contributed by atoms with Crippen molar-refractivity contribution in [2.75, 3.05) is 25.0 Å². The van der Waals surface area contributed by atoms with Gasteiger partial charge in [-0.05, 0) is 38.0 Å². The van der Waals surface area contributed by atoms with E-state index in [9.17, 15) is 4.79 Å². The summed E-state index contributed by atoms with van der Waals surface area (Å²) in [7, 11) is 1.68. The maximum absolute atomic E-state index is 12.0. The van der Waals surface area contributed by atoms with Crippen LogP contribution in [0.15, 0.2) is 18.2 Å². The minimum atomic E-state index is -0.355. The molecule has 1 heterocycles. The van der Waals surface area contributed by atoms with Crippen molar-refractivity contribution >= 4 is 28.8 Å². The minimum absolute atomic E-state index is 0.0875. The summed E-state index contributed by atoms with van der Waals surface area (Å²) in [5.74, 6) is 0.0875. The van der Waals surface area contributed by atoms with Crippen molar-refractivity contribution in [1.29, 1.82) is 0 Å². The molecule has 1 amide bonds. The molecule has 0 aromatic heterocycles. The monoisotopic (exact) mass is 291 g/mol. The molecule has 3 N–H and O–H groups in total. The summed E-state index contributed by atoms with van der Waals surface area (Å²) in [6.07, 6.45) is 0.831. The van der Waals surface area contributed by atoms with Crippen molar-refractivity contribution in [2.45, 2.75) is 20.3 Å². The number of nitrogens with one attached hydrogen (secondary N) is 1. The van der Waals surface area contributed by atoms with Gasteiger partial charge in [-0.1, -0.05) is 18.3 Å². The summed E-state index contributed by atoms with van der Waals surface area (Å²) in [5.41, 5.74) is 8.53. The number of thiocarbonyl (C=S) groups is 1. The molecule has 1 saturated heterocycles.